The molecule has 0 bridgehead atoms. The zero-order valence-corrected chi connectivity index (χ0v) is 8.68. The Bertz CT molecular complexity index is 79.1. The third kappa shape index (κ3) is 9.96. The molecule has 1 heteroatoms. The van der Waals surface area contributed by atoms with E-state index in [1.807, 2.05) is 6.92 Å². The Labute approximate surface area is 77.2 Å². The zero-order chi connectivity index (χ0) is 9.23. The molecule has 74 valence electrons. The average Bonchev–Trinajstić information content (AvgIpc) is 2.02. The van der Waals surface area contributed by atoms with Crippen molar-refractivity contribution in [1.82, 2.24) is 0 Å². The van der Waals surface area contributed by atoms with Crippen molar-refractivity contribution in [1.29, 1.82) is 0 Å². The van der Waals surface area contributed by atoms with E-state index < -0.39 is 0 Å². The number of aliphatic hydroxyl groups is 1. The van der Waals surface area contributed by atoms with Gasteiger partial charge in [-0.1, -0.05) is 51.9 Å². The van der Waals surface area contributed by atoms with Crippen molar-refractivity contribution in [2.24, 2.45) is 0 Å². The van der Waals surface area contributed by atoms with Gasteiger partial charge in [-0.15, -0.1) is 0 Å². The summed E-state index contributed by atoms with van der Waals surface area (Å²) in [5.41, 5.74) is 0. The summed E-state index contributed by atoms with van der Waals surface area (Å²) in [6.45, 7) is 4.12. The second-order valence-electron chi connectivity index (χ2n) is 3.76. The van der Waals surface area contributed by atoms with Gasteiger partial charge < -0.3 is 5.11 Å². The Morgan fingerprint density at radius 2 is 1.42 bits per heavy atom. The maximum absolute atomic E-state index is 8.99. The largest absolute Gasteiger partial charge is 0.393 e. The Morgan fingerprint density at radius 3 is 1.92 bits per heavy atom. The standard InChI is InChI=1S/C11H24O/c1-3-4-5-6-7-8-9-10-11(2)12/h11-12H,3-10H2,1-2H3/t11-/m0/s1. The second kappa shape index (κ2) is 9.05. The summed E-state index contributed by atoms with van der Waals surface area (Å²) < 4.78 is 0. The second-order valence-corrected chi connectivity index (χ2v) is 3.76. The summed E-state index contributed by atoms with van der Waals surface area (Å²) in [4.78, 5) is 0. The normalized spacial score (nSPS) is 13.2. The summed E-state index contributed by atoms with van der Waals surface area (Å²) in [6, 6.07) is 0. The van der Waals surface area contributed by atoms with Crippen LogP contribution < -0.4 is 0 Å². The molecule has 1 nitrogen and oxygen atoms in total. The lowest BCUT2D eigenvalue weighted by molar-refractivity contribution is 0.180. The number of hydrogen-bond acceptors (Lipinski definition) is 1. The third-order valence-electron chi connectivity index (χ3n) is 2.23. The lowest BCUT2D eigenvalue weighted by atomic mass is 10.1. The van der Waals surface area contributed by atoms with Gasteiger partial charge in [-0.25, -0.2) is 0 Å². The molecule has 1 atom stereocenters. The first-order chi connectivity index (χ1) is 5.77. The highest BCUT2D eigenvalue weighted by atomic mass is 16.3. The number of unbranched alkanes of at least 4 members (excludes halogenated alkanes) is 6. The van der Waals surface area contributed by atoms with E-state index in [0.717, 1.165) is 6.42 Å². The number of aliphatic hydroxyl groups excluding tert-OH is 1. The minimum atomic E-state index is -0.0966. The first kappa shape index (κ1) is 12.0. The molecule has 0 aromatic rings. The molecule has 0 aliphatic rings. The van der Waals surface area contributed by atoms with E-state index in [1.54, 1.807) is 0 Å². The fraction of sp³-hybridized carbons (Fsp3) is 1.00. The molecule has 0 saturated carbocycles. The van der Waals surface area contributed by atoms with Crippen LogP contribution in [-0.2, 0) is 0 Å². The summed E-state index contributed by atoms with van der Waals surface area (Å²) in [5, 5.41) is 8.99. The van der Waals surface area contributed by atoms with Crippen LogP contribution in [0.3, 0.4) is 0 Å². The van der Waals surface area contributed by atoms with Gasteiger partial charge in [-0.2, -0.15) is 0 Å². The first-order valence-corrected chi connectivity index (χ1v) is 5.45. The smallest absolute Gasteiger partial charge is 0.0512 e. The van der Waals surface area contributed by atoms with Crippen LogP contribution in [0.2, 0.25) is 0 Å². The highest BCUT2D eigenvalue weighted by Gasteiger charge is 1.94. The first-order valence-electron chi connectivity index (χ1n) is 5.45. The van der Waals surface area contributed by atoms with Crippen LogP contribution in [0.4, 0.5) is 0 Å². The van der Waals surface area contributed by atoms with E-state index in [0.29, 0.717) is 0 Å². The summed E-state index contributed by atoms with van der Waals surface area (Å²) in [7, 11) is 0. The summed E-state index contributed by atoms with van der Waals surface area (Å²) >= 11 is 0. The highest BCUT2D eigenvalue weighted by molar-refractivity contribution is 4.49. The molecule has 0 amide bonds. The SMILES string of the molecule is CCCCCCCCC[C@H](C)O. The van der Waals surface area contributed by atoms with Crippen LogP contribution >= 0.6 is 0 Å². The molecular formula is C11H24O. The Kier molecular flexibility index (Phi) is 9.02. The quantitative estimate of drug-likeness (QED) is 0.555. The molecule has 1 N–H and O–H groups in total. The Morgan fingerprint density at radius 1 is 0.917 bits per heavy atom. The number of hydrogen-bond donors (Lipinski definition) is 1. The number of rotatable bonds is 8. The van der Waals surface area contributed by atoms with Gasteiger partial charge in [-0.05, 0) is 13.3 Å². The van der Waals surface area contributed by atoms with Crippen molar-refractivity contribution in [2.75, 3.05) is 0 Å². The van der Waals surface area contributed by atoms with Crippen LogP contribution in [0.1, 0.15) is 65.2 Å². The van der Waals surface area contributed by atoms with E-state index in [-0.39, 0.29) is 6.10 Å². The molecule has 0 aromatic heterocycles. The third-order valence-corrected chi connectivity index (χ3v) is 2.23. The molecule has 0 radical (unpaired) electrons. The van der Waals surface area contributed by atoms with Gasteiger partial charge in [0.1, 0.15) is 0 Å². The summed E-state index contributed by atoms with van der Waals surface area (Å²) in [5.74, 6) is 0. The molecular weight excluding hydrogens is 148 g/mol. The molecule has 0 aliphatic carbocycles. The molecule has 0 rings (SSSR count). The molecule has 0 fully saturated rings. The topological polar surface area (TPSA) is 20.2 Å². The van der Waals surface area contributed by atoms with Crippen molar-refractivity contribution >= 4 is 0 Å². The van der Waals surface area contributed by atoms with E-state index in [1.165, 1.54) is 44.9 Å². The zero-order valence-electron chi connectivity index (χ0n) is 8.68. The van der Waals surface area contributed by atoms with Crippen molar-refractivity contribution in [3.8, 4) is 0 Å². The monoisotopic (exact) mass is 172 g/mol. The maximum Gasteiger partial charge on any atom is 0.0512 e. The van der Waals surface area contributed by atoms with Crippen molar-refractivity contribution in [3.05, 3.63) is 0 Å². The molecule has 0 unspecified atom stereocenters. The van der Waals surface area contributed by atoms with E-state index in [9.17, 15) is 0 Å². The fourth-order valence-corrected chi connectivity index (χ4v) is 1.40. The maximum atomic E-state index is 8.99. The predicted octanol–water partition coefficient (Wildman–Crippen LogP) is 3.51. The van der Waals surface area contributed by atoms with Gasteiger partial charge in [0.25, 0.3) is 0 Å². The van der Waals surface area contributed by atoms with Gasteiger partial charge >= 0.3 is 0 Å². The predicted molar refractivity (Wildman–Crippen MR) is 54.3 cm³/mol. The van der Waals surface area contributed by atoms with Gasteiger partial charge in [0, 0.05) is 0 Å². The summed E-state index contributed by atoms with van der Waals surface area (Å²) in [6.07, 6.45) is 10.2. The Balaban J connectivity index is 2.82. The molecule has 0 aliphatic heterocycles. The van der Waals surface area contributed by atoms with Crippen LogP contribution in [0, 0.1) is 0 Å². The molecule has 0 heterocycles. The van der Waals surface area contributed by atoms with Crippen molar-refractivity contribution in [3.63, 3.8) is 0 Å². The lowest BCUT2D eigenvalue weighted by Gasteiger charge is -2.03. The van der Waals surface area contributed by atoms with E-state index in [4.69, 9.17) is 5.11 Å². The Hall–Kier alpha value is -0.0400. The molecule has 0 aromatic carbocycles. The van der Waals surface area contributed by atoms with Crippen LogP contribution in [0.5, 0.6) is 0 Å². The molecule has 12 heavy (non-hydrogen) atoms. The van der Waals surface area contributed by atoms with Gasteiger partial charge in [0.15, 0.2) is 0 Å². The van der Waals surface area contributed by atoms with Crippen LogP contribution in [-0.4, -0.2) is 11.2 Å². The van der Waals surface area contributed by atoms with Crippen LogP contribution in [0.15, 0.2) is 0 Å². The van der Waals surface area contributed by atoms with Gasteiger partial charge in [0.05, 0.1) is 6.10 Å². The van der Waals surface area contributed by atoms with E-state index in [2.05, 4.69) is 6.92 Å². The lowest BCUT2D eigenvalue weighted by Crippen LogP contribution is -1.98. The fourth-order valence-electron chi connectivity index (χ4n) is 1.40. The molecule has 0 spiro atoms. The highest BCUT2D eigenvalue weighted by Crippen LogP contribution is 2.09. The van der Waals surface area contributed by atoms with Gasteiger partial charge in [0.2, 0.25) is 0 Å². The van der Waals surface area contributed by atoms with E-state index >= 15 is 0 Å². The molecule has 0 saturated heterocycles. The average molecular weight is 172 g/mol. The van der Waals surface area contributed by atoms with Crippen molar-refractivity contribution < 1.29 is 5.11 Å². The minimum absolute atomic E-state index is 0.0966. The van der Waals surface area contributed by atoms with Gasteiger partial charge in [-0.3, -0.25) is 0 Å². The van der Waals surface area contributed by atoms with Crippen LogP contribution in [0.25, 0.3) is 0 Å². The van der Waals surface area contributed by atoms with Crippen molar-refractivity contribution in [2.45, 2.75) is 71.3 Å². The minimum Gasteiger partial charge on any atom is -0.393 e.